The normalized spacial score (nSPS) is 16.5. The first kappa shape index (κ1) is 15.8. The molecule has 0 aliphatic heterocycles. The van der Waals surface area contributed by atoms with Gasteiger partial charge in [0.15, 0.2) is 0 Å². The first-order valence-corrected chi connectivity index (χ1v) is 8.45. The second kappa shape index (κ2) is 6.64. The van der Waals surface area contributed by atoms with Crippen molar-refractivity contribution in [3.05, 3.63) is 60.2 Å². The molecule has 25 heavy (non-hydrogen) atoms. The summed E-state index contributed by atoms with van der Waals surface area (Å²) in [4.78, 5) is 12.2. The molecule has 0 saturated heterocycles. The third-order valence-electron chi connectivity index (χ3n) is 4.46. The molecular weight excluding hydrogens is 320 g/mol. The van der Waals surface area contributed by atoms with Crippen LogP contribution in [0.25, 0.3) is 11.0 Å². The lowest BCUT2D eigenvalue weighted by atomic mass is 10.1. The Morgan fingerprint density at radius 3 is 2.76 bits per heavy atom. The number of benzene rings is 1. The Kier molecular flexibility index (Phi) is 4.19. The van der Waals surface area contributed by atoms with Crippen LogP contribution in [0.1, 0.15) is 36.5 Å². The van der Waals surface area contributed by atoms with Crippen LogP contribution in [0, 0.1) is 5.92 Å². The van der Waals surface area contributed by atoms with Crippen molar-refractivity contribution in [2.75, 3.05) is 6.54 Å². The number of urea groups is 1. The van der Waals surface area contributed by atoms with Crippen LogP contribution in [0.15, 0.2) is 57.6 Å². The van der Waals surface area contributed by atoms with Crippen LogP contribution in [-0.4, -0.2) is 17.7 Å². The summed E-state index contributed by atoms with van der Waals surface area (Å²) in [6.45, 7) is 0.0802. The molecule has 130 valence electrons. The van der Waals surface area contributed by atoms with Gasteiger partial charge in [0.2, 0.25) is 0 Å². The predicted molar refractivity (Wildman–Crippen MR) is 91.9 cm³/mol. The SMILES string of the molecule is O=C(NC[C@H](O)c1ccco1)N[C@H](c1cc2ccccc2o1)C1CC1. The van der Waals surface area contributed by atoms with Crippen LogP contribution in [-0.2, 0) is 0 Å². The number of amides is 2. The number of carbonyl (C=O) groups is 1. The van der Waals surface area contributed by atoms with E-state index in [9.17, 15) is 9.90 Å². The lowest BCUT2D eigenvalue weighted by Gasteiger charge is -2.17. The van der Waals surface area contributed by atoms with E-state index in [1.54, 1.807) is 12.1 Å². The van der Waals surface area contributed by atoms with E-state index in [0.717, 1.165) is 29.6 Å². The van der Waals surface area contributed by atoms with Crippen LogP contribution in [0.5, 0.6) is 0 Å². The van der Waals surface area contributed by atoms with Crippen LogP contribution < -0.4 is 10.6 Å². The van der Waals surface area contributed by atoms with E-state index in [1.807, 2.05) is 30.3 Å². The van der Waals surface area contributed by atoms with E-state index in [4.69, 9.17) is 8.83 Å². The molecule has 4 rings (SSSR count). The molecule has 2 amide bonds. The first-order chi connectivity index (χ1) is 12.2. The minimum Gasteiger partial charge on any atom is -0.467 e. The van der Waals surface area contributed by atoms with Gasteiger partial charge in [-0.3, -0.25) is 0 Å². The fourth-order valence-corrected chi connectivity index (χ4v) is 2.97. The summed E-state index contributed by atoms with van der Waals surface area (Å²) in [6, 6.07) is 12.7. The van der Waals surface area contributed by atoms with Gasteiger partial charge in [0.25, 0.3) is 0 Å². The minimum atomic E-state index is -0.869. The number of hydrogen-bond acceptors (Lipinski definition) is 4. The summed E-state index contributed by atoms with van der Waals surface area (Å²) in [5.41, 5.74) is 0.818. The van der Waals surface area contributed by atoms with Crippen molar-refractivity contribution >= 4 is 17.0 Å². The van der Waals surface area contributed by atoms with Gasteiger partial charge in [0.1, 0.15) is 23.2 Å². The summed E-state index contributed by atoms with van der Waals surface area (Å²) in [5, 5.41) is 16.7. The van der Waals surface area contributed by atoms with Crippen molar-refractivity contribution in [2.24, 2.45) is 5.92 Å². The van der Waals surface area contributed by atoms with Gasteiger partial charge in [-0.25, -0.2) is 4.79 Å². The third-order valence-corrected chi connectivity index (χ3v) is 4.46. The summed E-state index contributed by atoms with van der Waals surface area (Å²) < 4.78 is 11.0. The highest BCUT2D eigenvalue weighted by Gasteiger charge is 2.35. The number of hydrogen-bond donors (Lipinski definition) is 3. The summed E-state index contributed by atoms with van der Waals surface area (Å²) in [7, 11) is 0. The van der Waals surface area contributed by atoms with Gasteiger partial charge in [0.05, 0.1) is 18.8 Å². The maximum Gasteiger partial charge on any atom is 0.315 e. The second-order valence-corrected chi connectivity index (χ2v) is 6.39. The fourth-order valence-electron chi connectivity index (χ4n) is 2.97. The van der Waals surface area contributed by atoms with Crippen LogP contribution >= 0.6 is 0 Å². The zero-order valence-corrected chi connectivity index (χ0v) is 13.6. The van der Waals surface area contributed by atoms with E-state index >= 15 is 0 Å². The first-order valence-electron chi connectivity index (χ1n) is 8.45. The molecule has 2 heterocycles. The van der Waals surface area contributed by atoms with Gasteiger partial charge in [0, 0.05) is 5.39 Å². The number of nitrogens with one attached hydrogen (secondary N) is 2. The maximum atomic E-state index is 12.2. The van der Waals surface area contributed by atoms with Gasteiger partial charge < -0.3 is 24.6 Å². The van der Waals surface area contributed by atoms with Gasteiger partial charge >= 0.3 is 6.03 Å². The quantitative estimate of drug-likeness (QED) is 0.641. The molecule has 1 aliphatic carbocycles. The van der Waals surface area contributed by atoms with Gasteiger partial charge in [-0.1, -0.05) is 18.2 Å². The van der Waals surface area contributed by atoms with Crippen molar-refractivity contribution in [1.82, 2.24) is 10.6 Å². The van der Waals surface area contributed by atoms with E-state index in [0.29, 0.717) is 11.7 Å². The lowest BCUT2D eigenvalue weighted by Crippen LogP contribution is -2.40. The maximum absolute atomic E-state index is 12.2. The number of furan rings is 2. The lowest BCUT2D eigenvalue weighted by molar-refractivity contribution is 0.147. The largest absolute Gasteiger partial charge is 0.467 e. The fraction of sp³-hybridized carbons (Fsp3) is 0.316. The van der Waals surface area contributed by atoms with Gasteiger partial charge in [-0.05, 0) is 43.0 Å². The van der Waals surface area contributed by atoms with Crippen molar-refractivity contribution in [2.45, 2.75) is 25.0 Å². The smallest absolute Gasteiger partial charge is 0.315 e. The zero-order valence-electron chi connectivity index (χ0n) is 13.6. The van der Waals surface area contributed by atoms with E-state index in [2.05, 4.69) is 10.6 Å². The molecule has 0 radical (unpaired) electrons. The number of para-hydroxylation sites is 1. The monoisotopic (exact) mass is 340 g/mol. The van der Waals surface area contributed by atoms with Crippen LogP contribution in [0.2, 0.25) is 0 Å². The van der Waals surface area contributed by atoms with Crippen molar-refractivity contribution < 1.29 is 18.7 Å². The van der Waals surface area contributed by atoms with Crippen LogP contribution in [0.4, 0.5) is 4.79 Å². The number of aliphatic hydroxyl groups is 1. The summed E-state index contributed by atoms with van der Waals surface area (Å²) >= 11 is 0. The third kappa shape index (κ3) is 3.53. The molecule has 1 fully saturated rings. The average molecular weight is 340 g/mol. The molecule has 1 saturated carbocycles. The van der Waals surface area contributed by atoms with Crippen molar-refractivity contribution in [3.63, 3.8) is 0 Å². The zero-order chi connectivity index (χ0) is 17.2. The Morgan fingerprint density at radius 1 is 1.20 bits per heavy atom. The molecule has 6 nitrogen and oxygen atoms in total. The molecule has 1 aromatic carbocycles. The highest BCUT2D eigenvalue weighted by atomic mass is 16.4. The molecule has 6 heteroatoms. The summed E-state index contributed by atoms with van der Waals surface area (Å²) in [5.74, 6) is 1.59. The number of carbonyl (C=O) groups excluding carboxylic acids is 1. The molecule has 2 atom stereocenters. The van der Waals surface area contributed by atoms with Crippen molar-refractivity contribution in [1.29, 1.82) is 0 Å². The molecule has 0 spiro atoms. The van der Waals surface area contributed by atoms with E-state index in [1.165, 1.54) is 6.26 Å². The second-order valence-electron chi connectivity index (χ2n) is 6.39. The topological polar surface area (TPSA) is 87.6 Å². The molecule has 2 aromatic heterocycles. The number of fused-ring (bicyclic) bond motifs is 1. The standard InChI is InChI=1S/C19H20N2O4/c22-14(16-6-3-9-24-16)11-20-19(23)21-18(12-7-8-12)17-10-13-4-1-2-5-15(13)25-17/h1-6,9-10,12,14,18,22H,7-8,11H2,(H2,20,21,23)/t14-,18-/m0/s1. The van der Waals surface area contributed by atoms with Gasteiger partial charge in [-0.15, -0.1) is 0 Å². The molecule has 1 aliphatic rings. The van der Waals surface area contributed by atoms with Gasteiger partial charge in [-0.2, -0.15) is 0 Å². The number of aliphatic hydroxyl groups excluding tert-OH is 1. The molecule has 3 aromatic rings. The highest BCUT2D eigenvalue weighted by Crippen LogP contribution is 2.42. The van der Waals surface area contributed by atoms with Crippen molar-refractivity contribution in [3.8, 4) is 0 Å². The molecular formula is C19H20N2O4. The number of rotatable bonds is 6. The minimum absolute atomic E-state index is 0.0802. The predicted octanol–water partition coefficient (Wildman–Crippen LogP) is 3.51. The average Bonchev–Trinajstić information content (AvgIpc) is 3.14. The Labute approximate surface area is 144 Å². The highest BCUT2D eigenvalue weighted by molar-refractivity contribution is 5.78. The summed E-state index contributed by atoms with van der Waals surface area (Å²) in [6.07, 6.45) is 2.75. The van der Waals surface area contributed by atoms with E-state index < -0.39 is 6.10 Å². The molecule has 3 N–H and O–H groups in total. The van der Waals surface area contributed by atoms with Crippen LogP contribution in [0.3, 0.4) is 0 Å². The van der Waals surface area contributed by atoms with E-state index in [-0.39, 0.29) is 18.6 Å². The Morgan fingerprint density at radius 2 is 2.04 bits per heavy atom. The molecule has 0 bridgehead atoms. The molecule has 0 unspecified atom stereocenters. The Balaban J connectivity index is 1.40. The Hall–Kier alpha value is -2.73. The Bertz CT molecular complexity index is 818.